The van der Waals surface area contributed by atoms with Gasteiger partial charge in [0.25, 0.3) is 10.9 Å². The number of ether oxygens (including phenoxy) is 1. The van der Waals surface area contributed by atoms with Crippen molar-refractivity contribution in [2.24, 2.45) is 0 Å². The first kappa shape index (κ1) is 22.9. The smallest absolute Gasteiger partial charge is 0.253 e. The van der Waals surface area contributed by atoms with Gasteiger partial charge in [0.2, 0.25) is 5.95 Å². The summed E-state index contributed by atoms with van der Waals surface area (Å²) in [4.78, 5) is 38.4. The molecule has 2 aromatic carbocycles. The monoisotopic (exact) mass is 477 g/mol. The molecule has 3 heterocycles. The van der Waals surface area contributed by atoms with Crippen LogP contribution in [0.15, 0.2) is 39.9 Å². The van der Waals surface area contributed by atoms with Crippen LogP contribution in [0.3, 0.4) is 0 Å². The van der Waals surface area contributed by atoms with E-state index in [-0.39, 0.29) is 5.69 Å². The summed E-state index contributed by atoms with van der Waals surface area (Å²) in [7, 11) is 1.58. The van der Waals surface area contributed by atoms with Crippen molar-refractivity contribution in [2.45, 2.75) is 25.7 Å². The van der Waals surface area contributed by atoms with Gasteiger partial charge in [-0.1, -0.05) is 6.07 Å². The van der Waals surface area contributed by atoms with E-state index in [1.807, 2.05) is 24.3 Å². The van der Waals surface area contributed by atoms with E-state index in [0.717, 1.165) is 56.6 Å². The standard InChI is InChI=1S/C25H31N7O3/c1-35-18-8-6-7-17(15-18)28-22-21(23(33)24(22)34)27-10-9-26-19-16-20(31-11-2-3-12-31)30-25(29-19)32-13-4-5-14-32/h6-8,15-16,27-28H,2-5,9-14H2,1H3,(H,26,29,30). The van der Waals surface area contributed by atoms with Gasteiger partial charge < -0.3 is 30.5 Å². The Balaban J connectivity index is 1.22. The van der Waals surface area contributed by atoms with Crippen molar-refractivity contribution >= 4 is 34.6 Å². The summed E-state index contributed by atoms with van der Waals surface area (Å²) in [6, 6.07) is 9.22. The average molecular weight is 478 g/mol. The number of hydrogen-bond acceptors (Lipinski definition) is 10. The van der Waals surface area contributed by atoms with Crippen molar-refractivity contribution in [3.05, 3.63) is 50.8 Å². The molecule has 184 valence electrons. The van der Waals surface area contributed by atoms with Gasteiger partial charge in [-0.15, -0.1) is 0 Å². The van der Waals surface area contributed by atoms with Gasteiger partial charge >= 0.3 is 0 Å². The van der Waals surface area contributed by atoms with E-state index in [9.17, 15) is 9.59 Å². The van der Waals surface area contributed by atoms with Crippen LogP contribution < -0.4 is 41.3 Å². The quantitative estimate of drug-likeness (QED) is 0.297. The highest BCUT2D eigenvalue weighted by Gasteiger charge is 2.22. The third-order valence-electron chi connectivity index (χ3n) is 6.50. The lowest BCUT2D eigenvalue weighted by molar-refractivity contribution is 0.415. The summed E-state index contributed by atoms with van der Waals surface area (Å²) in [5.74, 6) is 3.17. The van der Waals surface area contributed by atoms with E-state index in [1.54, 1.807) is 13.2 Å². The van der Waals surface area contributed by atoms with Crippen LogP contribution in [-0.4, -0.2) is 56.3 Å². The largest absolute Gasteiger partial charge is 0.497 e. The molecule has 3 aromatic rings. The minimum atomic E-state index is -0.524. The topological polar surface area (TPSA) is 112 Å². The molecule has 2 aliphatic heterocycles. The van der Waals surface area contributed by atoms with E-state index in [1.165, 1.54) is 12.8 Å². The highest BCUT2D eigenvalue weighted by molar-refractivity contribution is 5.79. The Hall–Kier alpha value is -3.82. The van der Waals surface area contributed by atoms with Crippen LogP contribution in [0.2, 0.25) is 0 Å². The Morgan fingerprint density at radius 3 is 2.29 bits per heavy atom. The van der Waals surface area contributed by atoms with Crippen LogP contribution in [0.25, 0.3) is 0 Å². The van der Waals surface area contributed by atoms with Gasteiger partial charge in [0.15, 0.2) is 0 Å². The maximum absolute atomic E-state index is 12.1. The van der Waals surface area contributed by atoms with Gasteiger partial charge in [0.1, 0.15) is 28.8 Å². The lowest BCUT2D eigenvalue weighted by Gasteiger charge is -2.22. The fourth-order valence-electron chi connectivity index (χ4n) is 4.58. The number of aromatic nitrogens is 2. The van der Waals surface area contributed by atoms with Gasteiger partial charge in [0, 0.05) is 57.1 Å². The van der Waals surface area contributed by atoms with E-state index in [4.69, 9.17) is 14.7 Å². The molecule has 2 fully saturated rings. The second kappa shape index (κ2) is 10.2. The van der Waals surface area contributed by atoms with Crippen LogP contribution in [0.1, 0.15) is 25.7 Å². The van der Waals surface area contributed by atoms with Crippen molar-refractivity contribution < 1.29 is 4.74 Å². The highest BCUT2D eigenvalue weighted by atomic mass is 16.5. The van der Waals surface area contributed by atoms with Gasteiger partial charge in [0.05, 0.1) is 7.11 Å². The van der Waals surface area contributed by atoms with E-state index in [2.05, 4.69) is 25.8 Å². The van der Waals surface area contributed by atoms with Crippen molar-refractivity contribution in [1.82, 2.24) is 9.97 Å². The molecule has 0 aliphatic carbocycles. The Labute approximate surface area is 204 Å². The number of hydrogen-bond donors (Lipinski definition) is 3. The molecule has 0 saturated carbocycles. The third-order valence-corrected chi connectivity index (χ3v) is 6.50. The van der Waals surface area contributed by atoms with Crippen molar-refractivity contribution in [3.63, 3.8) is 0 Å². The molecule has 0 spiro atoms. The lowest BCUT2D eigenvalue weighted by Crippen LogP contribution is -2.37. The van der Waals surface area contributed by atoms with E-state index < -0.39 is 10.9 Å². The SMILES string of the molecule is COc1cccc(Nc2c(NCCNc3cc(N4CCCC4)nc(N4CCCC4)n3)c(=O)c2=O)c1. The fourth-order valence-corrected chi connectivity index (χ4v) is 4.58. The first-order chi connectivity index (χ1) is 17.1. The zero-order valence-corrected chi connectivity index (χ0v) is 20.0. The normalized spacial score (nSPS) is 15.6. The number of benzene rings is 1. The number of anilines is 6. The van der Waals surface area contributed by atoms with Crippen LogP contribution >= 0.6 is 0 Å². The molecular formula is C25H31N7O3. The third kappa shape index (κ3) is 5.01. The van der Waals surface area contributed by atoms with Crippen molar-refractivity contribution in [1.29, 1.82) is 0 Å². The molecule has 2 aliphatic rings. The van der Waals surface area contributed by atoms with Crippen LogP contribution in [0.5, 0.6) is 5.75 Å². The van der Waals surface area contributed by atoms with Gasteiger partial charge in [-0.3, -0.25) is 9.59 Å². The molecular weight excluding hydrogens is 446 g/mol. The second-order valence-electron chi connectivity index (χ2n) is 8.92. The molecule has 5 rings (SSSR count). The van der Waals surface area contributed by atoms with Gasteiger partial charge in [-0.2, -0.15) is 9.97 Å². The van der Waals surface area contributed by atoms with Crippen LogP contribution in [-0.2, 0) is 0 Å². The zero-order chi connectivity index (χ0) is 24.2. The molecule has 10 nitrogen and oxygen atoms in total. The van der Waals surface area contributed by atoms with Gasteiger partial charge in [-0.05, 0) is 37.8 Å². The maximum Gasteiger partial charge on any atom is 0.253 e. The Bertz CT molecular complexity index is 1210. The molecule has 0 amide bonds. The minimum Gasteiger partial charge on any atom is -0.497 e. The molecule has 3 N–H and O–H groups in total. The summed E-state index contributed by atoms with van der Waals surface area (Å²) in [6.07, 6.45) is 4.70. The number of methoxy groups -OCH3 is 1. The van der Waals surface area contributed by atoms with Crippen LogP contribution in [0.4, 0.5) is 34.6 Å². The van der Waals surface area contributed by atoms with E-state index >= 15 is 0 Å². The predicted molar refractivity (Wildman–Crippen MR) is 140 cm³/mol. The number of nitrogens with one attached hydrogen (secondary N) is 3. The summed E-state index contributed by atoms with van der Waals surface area (Å²) in [5, 5.41) is 9.49. The number of nitrogens with zero attached hydrogens (tertiary/aromatic N) is 4. The summed E-state index contributed by atoms with van der Waals surface area (Å²) in [6.45, 7) is 5.00. The molecule has 35 heavy (non-hydrogen) atoms. The Morgan fingerprint density at radius 1 is 0.857 bits per heavy atom. The molecule has 10 heteroatoms. The molecule has 1 aromatic heterocycles. The Kier molecular flexibility index (Phi) is 6.69. The lowest BCUT2D eigenvalue weighted by atomic mass is 10.1. The Morgan fingerprint density at radius 2 is 1.54 bits per heavy atom. The molecule has 2 saturated heterocycles. The maximum atomic E-state index is 12.1. The summed E-state index contributed by atoms with van der Waals surface area (Å²) in [5.41, 5.74) is 0.230. The fraction of sp³-hybridized carbons (Fsp3) is 0.440. The highest BCUT2D eigenvalue weighted by Crippen LogP contribution is 2.26. The molecule has 0 unspecified atom stereocenters. The minimum absolute atomic E-state index is 0.276. The molecule has 0 radical (unpaired) electrons. The molecule has 0 bridgehead atoms. The first-order valence-electron chi connectivity index (χ1n) is 12.2. The van der Waals surface area contributed by atoms with Gasteiger partial charge in [-0.25, -0.2) is 0 Å². The summed E-state index contributed by atoms with van der Waals surface area (Å²) < 4.78 is 5.22. The first-order valence-corrected chi connectivity index (χ1v) is 12.2. The predicted octanol–water partition coefficient (Wildman–Crippen LogP) is 2.55. The van der Waals surface area contributed by atoms with Crippen LogP contribution in [0, 0.1) is 0 Å². The summed E-state index contributed by atoms with van der Waals surface area (Å²) >= 11 is 0. The second-order valence-corrected chi connectivity index (χ2v) is 8.92. The number of rotatable bonds is 10. The zero-order valence-electron chi connectivity index (χ0n) is 20.0. The van der Waals surface area contributed by atoms with E-state index in [0.29, 0.717) is 30.2 Å². The van der Waals surface area contributed by atoms with Crippen molar-refractivity contribution in [2.75, 3.05) is 72.1 Å². The average Bonchev–Trinajstić information content (AvgIpc) is 3.62. The van der Waals surface area contributed by atoms with Crippen molar-refractivity contribution in [3.8, 4) is 5.75 Å². The molecule has 0 atom stereocenters.